The zero-order chi connectivity index (χ0) is 17.0. The molecule has 0 amide bonds. The molecule has 1 unspecified atom stereocenters. The van der Waals surface area contributed by atoms with Gasteiger partial charge in [0.2, 0.25) is 0 Å². The smallest absolute Gasteiger partial charge is 0.303 e. The number of aryl methyl sites for hydroxylation is 1. The highest BCUT2D eigenvalue weighted by Crippen LogP contribution is 2.25. The van der Waals surface area contributed by atoms with E-state index in [0.29, 0.717) is 6.42 Å². The molecule has 1 saturated heterocycles. The largest absolute Gasteiger partial charge is 0.457 e. The van der Waals surface area contributed by atoms with E-state index in [9.17, 15) is 13.2 Å². The van der Waals surface area contributed by atoms with Crippen LogP contribution in [0.4, 0.5) is 0 Å². The highest BCUT2D eigenvalue weighted by Gasteiger charge is 2.38. The molecule has 0 aromatic heterocycles. The SMILES string of the molecule is COC1O[C@@H](COS(=O)(=O)c2ccc(C)cc2)C[C@H]1OC(C)=O. The first-order valence-electron chi connectivity index (χ1n) is 7.13. The molecule has 0 bridgehead atoms. The molecule has 8 heteroatoms. The fraction of sp³-hybridized carbons (Fsp3) is 0.533. The summed E-state index contributed by atoms with van der Waals surface area (Å²) in [6.07, 6.45) is -1.53. The summed E-state index contributed by atoms with van der Waals surface area (Å²) in [5, 5.41) is 0. The molecule has 0 aliphatic carbocycles. The molecule has 0 spiro atoms. The van der Waals surface area contributed by atoms with Gasteiger partial charge in [0.1, 0.15) is 0 Å². The van der Waals surface area contributed by atoms with Crippen LogP contribution >= 0.6 is 0 Å². The monoisotopic (exact) mass is 344 g/mol. The van der Waals surface area contributed by atoms with Gasteiger partial charge in [-0.05, 0) is 19.1 Å². The minimum atomic E-state index is -3.86. The molecule has 2 rings (SSSR count). The van der Waals surface area contributed by atoms with Gasteiger partial charge in [0.15, 0.2) is 12.4 Å². The Bertz CT molecular complexity index is 638. The molecule has 0 N–H and O–H groups in total. The van der Waals surface area contributed by atoms with E-state index in [-0.39, 0.29) is 11.5 Å². The Hall–Kier alpha value is -1.48. The molecule has 23 heavy (non-hydrogen) atoms. The van der Waals surface area contributed by atoms with Crippen molar-refractivity contribution >= 4 is 16.1 Å². The van der Waals surface area contributed by atoms with Crippen LogP contribution in [0.2, 0.25) is 0 Å². The zero-order valence-electron chi connectivity index (χ0n) is 13.2. The van der Waals surface area contributed by atoms with E-state index in [4.69, 9.17) is 18.4 Å². The van der Waals surface area contributed by atoms with E-state index >= 15 is 0 Å². The normalized spacial score (nSPS) is 24.6. The Morgan fingerprint density at radius 1 is 1.30 bits per heavy atom. The van der Waals surface area contributed by atoms with E-state index in [0.717, 1.165) is 5.56 Å². The van der Waals surface area contributed by atoms with E-state index in [1.807, 2.05) is 6.92 Å². The van der Waals surface area contributed by atoms with E-state index in [1.165, 1.54) is 26.2 Å². The van der Waals surface area contributed by atoms with Crippen LogP contribution in [0.3, 0.4) is 0 Å². The molecule has 1 heterocycles. The number of carbonyl (C=O) groups excluding carboxylic acids is 1. The lowest BCUT2D eigenvalue weighted by molar-refractivity contribution is -0.177. The number of hydrogen-bond acceptors (Lipinski definition) is 7. The average molecular weight is 344 g/mol. The fourth-order valence-electron chi connectivity index (χ4n) is 2.27. The third kappa shape index (κ3) is 4.74. The number of carbonyl (C=O) groups is 1. The highest BCUT2D eigenvalue weighted by molar-refractivity contribution is 7.86. The summed E-state index contributed by atoms with van der Waals surface area (Å²) in [6, 6.07) is 6.36. The van der Waals surface area contributed by atoms with Gasteiger partial charge in [-0.15, -0.1) is 0 Å². The summed E-state index contributed by atoms with van der Waals surface area (Å²) in [6.45, 7) is 2.98. The lowest BCUT2D eigenvalue weighted by atomic mass is 10.2. The summed E-state index contributed by atoms with van der Waals surface area (Å²) >= 11 is 0. The lowest BCUT2D eigenvalue weighted by Gasteiger charge is -2.16. The van der Waals surface area contributed by atoms with Gasteiger partial charge in [-0.1, -0.05) is 17.7 Å². The van der Waals surface area contributed by atoms with Crippen LogP contribution in [0.25, 0.3) is 0 Å². The third-order valence-corrected chi connectivity index (χ3v) is 4.69. The Labute approximate surface area is 135 Å². The van der Waals surface area contributed by atoms with Gasteiger partial charge in [-0.3, -0.25) is 8.98 Å². The van der Waals surface area contributed by atoms with Gasteiger partial charge in [0.25, 0.3) is 10.1 Å². The number of hydrogen-bond donors (Lipinski definition) is 0. The predicted molar refractivity (Wildman–Crippen MR) is 80.2 cm³/mol. The molecular formula is C15H20O7S. The summed E-state index contributed by atoms with van der Waals surface area (Å²) in [4.78, 5) is 11.1. The van der Waals surface area contributed by atoms with E-state index < -0.39 is 34.6 Å². The first kappa shape index (κ1) is 17.9. The van der Waals surface area contributed by atoms with Gasteiger partial charge >= 0.3 is 5.97 Å². The summed E-state index contributed by atoms with van der Waals surface area (Å²) in [5.41, 5.74) is 0.954. The number of esters is 1. The molecule has 1 aliphatic heterocycles. The number of ether oxygens (including phenoxy) is 3. The van der Waals surface area contributed by atoms with Crippen molar-refractivity contribution in [3.8, 4) is 0 Å². The van der Waals surface area contributed by atoms with Crippen LogP contribution in [0, 0.1) is 6.92 Å². The van der Waals surface area contributed by atoms with Crippen molar-refractivity contribution in [2.75, 3.05) is 13.7 Å². The maximum absolute atomic E-state index is 12.1. The number of rotatable bonds is 6. The third-order valence-electron chi connectivity index (χ3n) is 3.39. The van der Waals surface area contributed by atoms with E-state index in [1.54, 1.807) is 12.1 Å². The Kier molecular flexibility index (Phi) is 5.74. The summed E-state index contributed by atoms with van der Waals surface area (Å²) in [7, 11) is -2.43. The maximum Gasteiger partial charge on any atom is 0.303 e. The summed E-state index contributed by atoms with van der Waals surface area (Å²) in [5.74, 6) is -0.450. The molecule has 3 atom stereocenters. The maximum atomic E-state index is 12.1. The van der Waals surface area contributed by atoms with Gasteiger partial charge in [-0.25, -0.2) is 0 Å². The summed E-state index contributed by atoms with van der Waals surface area (Å²) < 4.78 is 44.9. The first-order valence-corrected chi connectivity index (χ1v) is 8.54. The molecule has 128 valence electrons. The predicted octanol–water partition coefficient (Wildman–Crippen LogP) is 1.39. The molecule has 1 aromatic carbocycles. The number of benzene rings is 1. The average Bonchev–Trinajstić information content (AvgIpc) is 2.87. The molecule has 0 saturated carbocycles. The first-order chi connectivity index (χ1) is 10.8. The molecule has 0 radical (unpaired) electrons. The quantitative estimate of drug-likeness (QED) is 0.569. The van der Waals surface area contributed by atoms with Gasteiger partial charge in [0.05, 0.1) is 17.6 Å². The van der Waals surface area contributed by atoms with Crippen LogP contribution in [0.5, 0.6) is 0 Å². The Morgan fingerprint density at radius 2 is 1.96 bits per heavy atom. The van der Waals surface area contributed by atoms with Gasteiger partial charge < -0.3 is 14.2 Å². The standard InChI is InChI=1S/C15H20O7S/c1-10-4-6-13(7-5-10)23(17,18)20-9-12-8-14(21-11(2)16)15(19-3)22-12/h4-7,12,14-15H,8-9H2,1-3H3/t12-,14-,15?/m1/s1. The minimum Gasteiger partial charge on any atom is -0.457 e. The molecule has 1 aromatic rings. The van der Waals surface area contributed by atoms with Crippen molar-refractivity contribution in [2.45, 2.75) is 43.7 Å². The second kappa shape index (κ2) is 7.39. The van der Waals surface area contributed by atoms with Crippen molar-refractivity contribution in [1.82, 2.24) is 0 Å². The van der Waals surface area contributed by atoms with Crippen LogP contribution in [0.15, 0.2) is 29.2 Å². The fourth-order valence-corrected chi connectivity index (χ4v) is 3.21. The molecule has 1 fully saturated rings. The number of methoxy groups -OCH3 is 1. The molecular weight excluding hydrogens is 324 g/mol. The van der Waals surface area contributed by atoms with Crippen LogP contribution in [-0.4, -0.2) is 46.6 Å². The minimum absolute atomic E-state index is 0.0842. The second-order valence-electron chi connectivity index (χ2n) is 5.30. The Balaban J connectivity index is 1.95. The van der Waals surface area contributed by atoms with Crippen molar-refractivity contribution in [3.05, 3.63) is 29.8 Å². The zero-order valence-corrected chi connectivity index (χ0v) is 14.0. The van der Waals surface area contributed by atoms with Crippen molar-refractivity contribution < 1.29 is 31.6 Å². The van der Waals surface area contributed by atoms with E-state index in [2.05, 4.69) is 0 Å². The lowest BCUT2D eigenvalue weighted by Crippen LogP contribution is -2.27. The molecule has 7 nitrogen and oxygen atoms in total. The highest BCUT2D eigenvalue weighted by atomic mass is 32.2. The van der Waals surface area contributed by atoms with Crippen molar-refractivity contribution in [3.63, 3.8) is 0 Å². The van der Waals surface area contributed by atoms with Crippen LogP contribution in [-0.2, 0) is 33.3 Å². The van der Waals surface area contributed by atoms with Crippen molar-refractivity contribution in [1.29, 1.82) is 0 Å². The Morgan fingerprint density at radius 3 is 2.52 bits per heavy atom. The van der Waals surface area contributed by atoms with Crippen LogP contribution < -0.4 is 0 Å². The van der Waals surface area contributed by atoms with Crippen LogP contribution in [0.1, 0.15) is 18.9 Å². The molecule has 1 aliphatic rings. The van der Waals surface area contributed by atoms with Gasteiger partial charge in [0, 0.05) is 20.5 Å². The van der Waals surface area contributed by atoms with Gasteiger partial charge in [-0.2, -0.15) is 8.42 Å². The second-order valence-corrected chi connectivity index (χ2v) is 6.91. The van der Waals surface area contributed by atoms with Crippen molar-refractivity contribution in [2.24, 2.45) is 0 Å². The topological polar surface area (TPSA) is 88.1 Å².